The Morgan fingerprint density at radius 3 is 2.58 bits per heavy atom. The van der Waals surface area contributed by atoms with Gasteiger partial charge < -0.3 is 9.80 Å². The molecule has 2 saturated heterocycles. The highest BCUT2D eigenvalue weighted by Gasteiger charge is 2.41. The Balaban J connectivity index is 1.79. The van der Waals surface area contributed by atoms with E-state index in [0.717, 1.165) is 5.69 Å². The molecule has 1 aromatic rings. The molecular formula is C14H17N3O2. The molecule has 0 N–H and O–H groups in total. The number of anilines is 1. The average molecular weight is 259 g/mol. The van der Waals surface area contributed by atoms with Gasteiger partial charge in [0, 0.05) is 38.8 Å². The van der Waals surface area contributed by atoms with Crippen molar-refractivity contribution in [2.24, 2.45) is 0 Å². The summed E-state index contributed by atoms with van der Waals surface area (Å²) in [5.74, 6) is 0.0882. The molecule has 3 rings (SSSR count). The molecule has 2 heterocycles. The van der Waals surface area contributed by atoms with Crippen LogP contribution in [0.5, 0.6) is 0 Å². The summed E-state index contributed by atoms with van der Waals surface area (Å²) in [5.41, 5.74) is 0.927. The summed E-state index contributed by atoms with van der Waals surface area (Å²) in [6.45, 7) is 4.16. The number of hydrogen-bond acceptors (Lipinski definition) is 2. The fourth-order valence-electron chi connectivity index (χ4n) is 2.82. The second kappa shape index (κ2) is 4.57. The first-order chi connectivity index (χ1) is 9.16. The minimum atomic E-state index is 0.0550. The van der Waals surface area contributed by atoms with Gasteiger partial charge in [0.2, 0.25) is 5.91 Å². The standard InChI is InChI=1S/C14H17N3O2/c1-11(18)15-7-8-16-13(9-15)10-17(14(16)19)12-5-3-2-4-6-12/h2-6,13H,7-10H2,1H3/t13-/m1/s1. The van der Waals surface area contributed by atoms with Crippen LogP contribution in [0.3, 0.4) is 0 Å². The van der Waals surface area contributed by atoms with Crippen molar-refractivity contribution in [3.63, 3.8) is 0 Å². The summed E-state index contributed by atoms with van der Waals surface area (Å²) in [7, 11) is 0. The van der Waals surface area contributed by atoms with Gasteiger partial charge in [0.15, 0.2) is 0 Å². The molecule has 2 aliphatic heterocycles. The zero-order valence-electron chi connectivity index (χ0n) is 11.0. The van der Waals surface area contributed by atoms with Gasteiger partial charge >= 0.3 is 6.03 Å². The van der Waals surface area contributed by atoms with Crippen LogP contribution in [0.1, 0.15) is 6.92 Å². The van der Waals surface area contributed by atoms with Crippen LogP contribution in [0.4, 0.5) is 10.5 Å². The molecule has 1 aromatic carbocycles. The van der Waals surface area contributed by atoms with Crippen molar-refractivity contribution in [3.05, 3.63) is 30.3 Å². The number of urea groups is 1. The van der Waals surface area contributed by atoms with Crippen molar-refractivity contribution in [1.82, 2.24) is 9.80 Å². The molecular weight excluding hydrogens is 242 g/mol. The summed E-state index contributed by atoms with van der Waals surface area (Å²) in [6, 6.07) is 9.86. The van der Waals surface area contributed by atoms with E-state index in [1.807, 2.05) is 40.1 Å². The highest BCUT2D eigenvalue weighted by atomic mass is 16.2. The lowest BCUT2D eigenvalue weighted by molar-refractivity contribution is -0.130. The zero-order chi connectivity index (χ0) is 13.4. The monoisotopic (exact) mass is 259 g/mol. The molecule has 5 nitrogen and oxygen atoms in total. The highest BCUT2D eigenvalue weighted by molar-refractivity contribution is 5.95. The number of carbonyl (C=O) groups is 2. The van der Waals surface area contributed by atoms with Gasteiger partial charge in [-0.05, 0) is 12.1 Å². The third kappa shape index (κ3) is 2.05. The second-order valence-electron chi connectivity index (χ2n) is 5.04. The van der Waals surface area contributed by atoms with E-state index in [1.54, 1.807) is 11.8 Å². The van der Waals surface area contributed by atoms with Crippen LogP contribution in [0, 0.1) is 0 Å². The fourth-order valence-corrected chi connectivity index (χ4v) is 2.82. The van der Waals surface area contributed by atoms with E-state index in [9.17, 15) is 9.59 Å². The van der Waals surface area contributed by atoms with Gasteiger partial charge in [0.05, 0.1) is 6.04 Å². The van der Waals surface area contributed by atoms with Gasteiger partial charge in [0.1, 0.15) is 0 Å². The van der Waals surface area contributed by atoms with Crippen molar-refractivity contribution in [1.29, 1.82) is 0 Å². The summed E-state index contributed by atoms with van der Waals surface area (Å²) < 4.78 is 0. The number of fused-ring (bicyclic) bond motifs is 1. The summed E-state index contributed by atoms with van der Waals surface area (Å²) in [4.78, 5) is 29.3. The minimum Gasteiger partial charge on any atom is -0.339 e. The maximum absolute atomic E-state index is 12.4. The number of amides is 3. The Morgan fingerprint density at radius 1 is 1.16 bits per heavy atom. The third-order valence-corrected chi connectivity index (χ3v) is 3.87. The lowest BCUT2D eigenvalue weighted by atomic mass is 10.2. The van der Waals surface area contributed by atoms with E-state index < -0.39 is 0 Å². The van der Waals surface area contributed by atoms with Gasteiger partial charge in [-0.1, -0.05) is 18.2 Å². The average Bonchev–Trinajstić information content (AvgIpc) is 2.76. The Labute approximate surface area is 112 Å². The number of para-hydroxylation sites is 1. The fraction of sp³-hybridized carbons (Fsp3) is 0.429. The van der Waals surface area contributed by atoms with Crippen LogP contribution in [0.2, 0.25) is 0 Å². The van der Waals surface area contributed by atoms with Gasteiger partial charge in [0.25, 0.3) is 0 Å². The van der Waals surface area contributed by atoms with Crippen LogP contribution in [-0.2, 0) is 4.79 Å². The number of nitrogens with zero attached hydrogens (tertiary/aromatic N) is 3. The van der Waals surface area contributed by atoms with Crippen molar-refractivity contribution in [3.8, 4) is 0 Å². The van der Waals surface area contributed by atoms with E-state index in [0.29, 0.717) is 26.2 Å². The summed E-state index contributed by atoms with van der Waals surface area (Å²) >= 11 is 0. The smallest absolute Gasteiger partial charge is 0.324 e. The van der Waals surface area contributed by atoms with Crippen molar-refractivity contribution in [2.45, 2.75) is 13.0 Å². The molecule has 5 heteroatoms. The van der Waals surface area contributed by atoms with Crippen LogP contribution in [0.25, 0.3) is 0 Å². The Morgan fingerprint density at radius 2 is 1.89 bits per heavy atom. The molecule has 3 amide bonds. The lowest BCUT2D eigenvalue weighted by Gasteiger charge is -2.35. The summed E-state index contributed by atoms with van der Waals surface area (Å²) in [6.07, 6.45) is 0. The Kier molecular flexibility index (Phi) is 2.89. The number of piperazine rings is 1. The van der Waals surface area contributed by atoms with E-state index in [2.05, 4.69) is 0 Å². The zero-order valence-corrected chi connectivity index (χ0v) is 11.0. The van der Waals surface area contributed by atoms with Crippen molar-refractivity contribution in [2.75, 3.05) is 31.1 Å². The summed E-state index contributed by atoms with van der Waals surface area (Å²) in [5, 5.41) is 0. The molecule has 100 valence electrons. The first-order valence-electron chi connectivity index (χ1n) is 6.55. The Hall–Kier alpha value is -2.04. The van der Waals surface area contributed by atoms with Gasteiger partial charge in [-0.2, -0.15) is 0 Å². The molecule has 0 saturated carbocycles. The normalized spacial score (nSPS) is 22.7. The van der Waals surface area contributed by atoms with Gasteiger partial charge in [-0.25, -0.2) is 4.79 Å². The first-order valence-corrected chi connectivity index (χ1v) is 6.55. The molecule has 0 aliphatic carbocycles. The molecule has 0 unspecified atom stereocenters. The second-order valence-corrected chi connectivity index (χ2v) is 5.04. The first kappa shape index (κ1) is 12.0. The minimum absolute atomic E-state index is 0.0550. The maximum atomic E-state index is 12.4. The van der Waals surface area contributed by atoms with Crippen LogP contribution < -0.4 is 4.90 Å². The predicted octanol–water partition coefficient (Wildman–Crippen LogP) is 1.16. The molecule has 2 aliphatic rings. The van der Waals surface area contributed by atoms with Crippen LogP contribution >= 0.6 is 0 Å². The van der Waals surface area contributed by atoms with E-state index in [-0.39, 0.29) is 18.0 Å². The molecule has 1 atom stereocenters. The largest absolute Gasteiger partial charge is 0.339 e. The van der Waals surface area contributed by atoms with E-state index >= 15 is 0 Å². The molecule has 0 spiro atoms. The number of rotatable bonds is 1. The van der Waals surface area contributed by atoms with Crippen molar-refractivity contribution < 1.29 is 9.59 Å². The van der Waals surface area contributed by atoms with Crippen LogP contribution in [0.15, 0.2) is 30.3 Å². The molecule has 19 heavy (non-hydrogen) atoms. The highest BCUT2D eigenvalue weighted by Crippen LogP contribution is 2.25. The third-order valence-electron chi connectivity index (χ3n) is 3.87. The topological polar surface area (TPSA) is 43.9 Å². The van der Waals surface area contributed by atoms with Gasteiger partial charge in [-0.3, -0.25) is 9.69 Å². The molecule has 0 radical (unpaired) electrons. The van der Waals surface area contributed by atoms with Crippen LogP contribution in [-0.4, -0.2) is 54.0 Å². The number of benzene rings is 1. The molecule has 0 aromatic heterocycles. The van der Waals surface area contributed by atoms with Gasteiger partial charge in [-0.15, -0.1) is 0 Å². The quantitative estimate of drug-likeness (QED) is 0.759. The lowest BCUT2D eigenvalue weighted by Crippen LogP contribution is -2.53. The maximum Gasteiger partial charge on any atom is 0.324 e. The van der Waals surface area contributed by atoms with E-state index in [1.165, 1.54) is 0 Å². The SMILES string of the molecule is CC(=O)N1CCN2C(=O)N(c3ccccc3)C[C@H]2C1. The molecule has 0 bridgehead atoms. The number of carbonyl (C=O) groups excluding carboxylic acids is 2. The Bertz CT molecular complexity index is 503. The van der Waals surface area contributed by atoms with E-state index in [4.69, 9.17) is 0 Å². The predicted molar refractivity (Wildman–Crippen MR) is 71.9 cm³/mol. The van der Waals surface area contributed by atoms with Crippen molar-refractivity contribution >= 4 is 17.6 Å². The number of hydrogen-bond donors (Lipinski definition) is 0. The molecule has 2 fully saturated rings.